The van der Waals surface area contributed by atoms with Gasteiger partial charge < -0.3 is 30.6 Å². The van der Waals surface area contributed by atoms with Crippen molar-refractivity contribution in [1.29, 1.82) is 0 Å². The minimum atomic E-state index is -0.768. The number of ether oxygens (including phenoxy) is 2. The van der Waals surface area contributed by atoms with Crippen molar-refractivity contribution in [3.63, 3.8) is 0 Å². The monoisotopic (exact) mass is 411 g/mol. The molecule has 0 saturated carbocycles. The number of hydrogen-bond donors (Lipinski definition) is 4. The Morgan fingerprint density at radius 2 is 1.73 bits per heavy atom. The maximum Gasteiger partial charge on any atom is 0.256 e. The van der Waals surface area contributed by atoms with Crippen LogP contribution in [-0.2, 0) is 0 Å². The normalized spacial score (nSPS) is 13.0. The van der Waals surface area contributed by atoms with E-state index in [1.165, 1.54) is 6.20 Å². The summed E-state index contributed by atoms with van der Waals surface area (Å²) in [5.41, 5.74) is 5.48. The summed E-state index contributed by atoms with van der Waals surface area (Å²) in [4.78, 5) is 25.9. The van der Waals surface area contributed by atoms with Gasteiger partial charge in [0.25, 0.3) is 11.5 Å². The van der Waals surface area contributed by atoms with Gasteiger partial charge in [-0.05, 0) is 25.1 Å². The van der Waals surface area contributed by atoms with Crippen molar-refractivity contribution in [2.75, 3.05) is 19.8 Å². The first kappa shape index (κ1) is 21.4. The van der Waals surface area contributed by atoms with Crippen LogP contribution in [0.1, 0.15) is 17.3 Å². The van der Waals surface area contributed by atoms with Crippen LogP contribution in [-0.4, -0.2) is 47.9 Å². The molecule has 3 aromatic rings. The number of benzene rings is 2. The highest BCUT2D eigenvalue weighted by Crippen LogP contribution is 2.21. The number of carbonyl (C=O) groups is 1. The second kappa shape index (κ2) is 9.91. The molecule has 0 aliphatic carbocycles. The van der Waals surface area contributed by atoms with Crippen molar-refractivity contribution in [1.82, 2.24) is 10.3 Å². The van der Waals surface area contributed by atoms with Gasteiger partial charge in [0.1, 0.15) is 30.8 Å². The number of nitrogens with one attached hydrogen (secondary N) is 2. The number of aliphatic hydroxyl groups excluding tert-OH is 1. The summed E-state index contributed by atoms with van der Waals surface area (Å²) in [5, 5.41) is 14.6. The fraction of sp³-hybridized carbons (Fsp3) is 0.273. The van der Waals surface area contributed by atoms with Crippen molar-refractivity contribution in [2.45, 2.75) is 19.1 Å². The lowest BCUT2D eigenvalue weighted by Gasteiger charge is -2.19. The van der Waals surface area contributed by atoms with E-state index < -0.39 is 12.0 Å². The van der Waals surface area contributed by atoms with Gasteiger partial charge in [0, 0.05) is 24.2 Å². The molecule has 2 unspecified atom stereocenters. The SMILES string of the molecule is CC(COc1ccccc1C(N)=O)NCC(O)COc1c[nH]c(=O)c2ccccc12. The Morgan fingerprint density at radius 1 is 1.07 bits per heavy atom. The summed E-state index contributed by atoms with van der Waals surface area (Å²) in [6, 6.07) is 13.8. The molecule has 30 heavy (non-hydrogen) atoms. The van der Waals surface area contributed by atoms with E-state index >= 15 is 0 Å². The zero-order chi connectivity index (χ0) is 21.5. The third-order valence-corrected chi connectivity index (χ3v) is 4.55. The minimum absolute atomic E-state index is 0.0567. The number of primary amides is 1. The van der Waals surface area contributed by atoms with Crippen LogP contribution in [0.5, 0.6) is 11.5 Å². The van der Waals surface area contributed by atoms with Gasteiger partial charge in [0.15, 0.2) is 0 Å². The number of amides is 1. The van der Waals surface area contributed by atoms with Gasteiger partial charge in [0.2, 0.25) is 0 Å². The number of nitrogens with two attached hydrogens (primary N) is 1. The lowest BCUT2D eigenvalue weighted by Crippen LogP contribution is -2.39. The van der Waals surface area contributed by atoms with E-state index in [2.05, 4.69) is 10.3 Å². The zero-order valence-corrected chi connectivity index (χ0v) is 16.6. The number of fused-ring (bicyclic) bond motifs is 1. The molecule has 8 heteroatoms. The number of para-hydroxylation sites is 1. The van der Waals surface area contributed by atoms with E-state index in [0.29, 0.717) is 34.4 Å². The van der Waals surface area contributed by atoms with Crippen LogP contribution >= 0.6 is 0 Å². The maximum absolute atomic E-state index is 11.9. The highest BCUT2D eigenvalue weighted by molar-refractivity contribution is 5.95. The maximum atomic E-state index is 11.9. The summed E-state index contributed by atoms with van der Waals surface area (Å²) >= 11 is 0. The lowest BCUT2D eigenvalue weighted by molar-refractivity contribution is 0.0992. The number of H-pyrrole nitrogens is 1. The Morgan fingerprint density at radius 3 is 2.50 bits per heavy atom. The Bertz CT molecular complexity index is 1070. The number of rotatable bonds is 10. The number of aliphatic hydroxyl groups is 1. The fourth-order valence-corrected chi connectivity index (χ4v) is 2.95. The molecule has 0 aliphatic heterocycles. The number of aromatic nitrogens is 1. The highest BCUT2D eigenvalue weighted by atomic mass is 16.5. The molecule has 0 fully saturated rings. The molecule has 2 atom stereocenters. The van der Waals surface area contributed by atoms with Gasteiger partial charge in [-0.2, -0.15) is 0 Å². The lowest BCUT2D eigenvalue weighted by atomic mass is 10.1. The van der Waals surface area contributed by atoms with Gasteiger partial charge >= 0.3 is 0 Å². The highest BCUT2D eigenvalue weighted by Gasteiger charge is 2.13. The van der Waals surface area contributed by atoms with Crippen molar-refractivity contribution in [3.8, 4) is 11.5 Å². The molecule has 0 saturated heterocycles. The van der Waals surface area contributed by atoms with Crippen LogP contribution in [0.2, 0.25) is 0 Å². The summed E-state index contributed by atoms with van der Waals surface area (Å²) < 4.78 is 11.4. The summed E-state index contributed by atoms with van der Waals surface area (Å²) in [5.74, 6) is 0.379. The molecule has 0 radical (unpaired) electrons. The van der Waals surface area contributed by atoms with E-state index in [9.17, 15) is 14.7 Å². The van der Waals surface area contributed by atoms with Gasteiger partial charge in [0.05, 0.1) is 10.9 Å². The molecule has 2 aromatic carbocycles. The number of aromatic amines is 1. The molecule has 0 aliphatic rings. The van der Waals surface area contributed by atoms with E-state index in [1.807, 2.05) is 13.0 Å². The molecule has 1 heterocycles. The van der Waals surface area contributed by atoms with Crippen molar-refractivity contribution in [2.24, 2.45) is 5.73 Å². The molecular weight excluding hydrogens is 386 g/mol. The van der Waals surface area contributed by atoms with Gasteiger partial charge in [-0.3, -0.25) is 9.59 Å². The van der Waals surface area contributed by atoms with E-state index in [0.717, 1.165) is 0 Å². The first-order valence-electron chi connectivity index (χ1n) is 9.62. The van der Waals surface area contributed by atoms with Crippen LogP contribution < -0.4 is 26.1 Å². The van der Waals surface area contributed by atoms with Crippen LogP contribution in [0.3, 0.4) is 0 Å². The van der Waals surface area contributed by atoms with E-state index in [4.69, 9.17) is 15.2 Å². The molecule has 1 amide bonds. The molecule has 0 spiro atoms. The topological polar surface area (TPSA) is 127 Å². The van der Waals surface area contributed by atoms with Crippen molar-refractivity contribution in [3.05, 3.63) is 70.6 Å². The summed E-state index contributed by atoms with van der Waals surface area (Å²) in [6.07, 6.45) is 0.730. The summed E-state index contributed by atoms with van der Waals surface area (Å²) in [7, 11) is 0. The second-order valence-electron chi connectivity index (χ2n) is 6.97. The third-order valence-electron chi connectivity index (χ3n) is 4.55. The van der Waals surface area contributed by atoms with Crippen LogP contribution in [0, 0.1) is 0 Å². The predicted octanol–water partition coefficient (Wildman–Crippen LogP) is 1.42. The Labute approximate surface area is 173 Å². The quantitative estimate of drug-likeness (QED) is 0.400. The molecule has 8 nitrogen and oxygen atoms in total. The van der Waals surface area contributed by atoms with E-state index in [1.54, 1.807) is 42.5 Å². The Balaban J connectivity index is 1.47. The Hall–Kier alpha value is -3.36. The van der Waals surface area contributed by atoms with Crippen LogP contribution in [0.15, 0.2) is 59.5 Å². The smallest absolute Gasteiger partial charge is 0.256 e. The number of carbonyl (C=O) groups excluding carboxylic acids is 1. The number of hydrogen-bond acceptors (Lipinski definition) is 6. The fourth-order valence-electron chi connectivity index (χ4n) is 2.95. The largest absolute Gasteiger partial charge is 0.491 e. The molecule has 0 bridgehead atoms. The first-order valence-corrected chi connectivity index (χ1v) is 9.62. The van der Waals surface area contributed by atoms with Gasteiger partial charge in [-0.1, -0.05) is 30.3 Å². The minimum Gasteiger partial charge on any atom is -0.491 e. The van der Waals surface area contributed by atoms with Gasteiger partial charge in [-0.15, -0.1) is 0 Å². The molecular formula is C22H25N3O5. The molecule has 3 rings (SSSR count). The standard InChI is InChI=1S/C22H25N3O5/c1-14(12-29-19-9-5-4-8-18(19)21(23)27)24-10-15(26)13-30-20-11-25-22(28)17-7-3-2-6-16(17)20/h2-9,11,14-15,24,26H,10,12-13H2,1H3,(H2,23,27)(H,25,28). The number of pyridine rings is 1. The Kier molecular flexibility index (Phi) is 7.05. The van der Waals surface area contributed by atoms with E-state index in [-0.39, 0.29) is 24.8 Å². The van der Waals surface area contributed by atoms with Gasteiger partial charge in [-0.25, -0.2) is 0 Å². The third kappa shape index (κ3) is 5.37. The molecule has 158 valence electrons. The second-order valence-corrected chi connectivity index (χ2v) is 6.97. The predicted molar refractivity (Wildman–Crippen MR) is 114 cm³/mol. The van der Waals surface area contributed by atoms with Crippen molar-refractivity contribution < 1.29 is 19.4 Å². The molecule has 1 aromatic heterocycles. The van der Waals surface area contributed by atoms with Crippen LogP contribution in [0.25, 0.3) is 10.8 Å². The average molecular weight is 411 g/mol. The van der Waals surface area contributed by atoms with Crippen LogP contribution in [0.4, 0.5) is 0 Å². The summed E-state index contributed by atoms with van der Waals surface area (Å²) in [6.45, 7) is 2.53. The van der Waals surface area contributed by atoms with Crippen molar-refractivity contribution >= 4 is 16.7 Å². The molecule has 5 N–H and O–H groups in total. The average Bonchev–Trinajstić information content (AvgIpc) is 2.76. The first-order chi connectivity index (χ1) is 14.5. The zero-order valence-electron chi connectivity index (χ0n) is 16.6.